The summed E-state index contributed by atoms with van der Waals surface area (Å²) in [5.41, 5.74) is 7.85. The number of ether oxygens (including phenoxy) is 1. The topological polar surface area (TPSA) is 84.8 Å². The maximum absolute atomic E-state index is 8.92. The Hall–Kier alpha value is -2.61. The van der Waals surface area contributed by atoms with Gasteiger partial charge in [0.1, 0.15) is 11.6 Å². The molecule has 1 heterocycles. The van der Waals surface area contributed by atoms with E-state index in [1.54, 1.807) is 12.1 Å². The zero-order valence-corrected chi connectivity index (χ0v) is 9.92. The van der Waals surface area contributed by atoms with Crippen molar-refractivity contribution in [1.82, 2.24) is 10.2 Å². The first kappa shape index (κ1) is 11.9. The number of nitriles is 1. The molecule has 0 radical (unpaired) electrons. The van der Waals surface area contributed by atoms with Gasteiger partial charge in [-0.25, -0.2) is 0 Å². The third-order valence-corrected chi connectivity index (χ3v) is 2.50. The SMILES string of the molecule is CCc1ccc(Oc2nnccc2C#N)c(N)c1. The Morgan fingerprint density at radius 2 is 2.22 bits per heavy atom. The first-order chi connectivity index (χ1) is 8.74. The first-order valence-corrected chi connectivity index (χ1v) is 5.52. The van der Waals surface area contributed by atoms with E-state index < -0.39 is 0 Å². The smallest absolute Gasteiger partial charge is 0.257 e. The summed E-state index contributed by atoms with van der Waals surface area (Å²) in [6.07, 6.45) is 2.34. The molecule has 18 heavy (non-hydrogen) atoms. The van der Waals surface area contributed by atoms with E-state index in [0.29, 0.717) is 17.0 Å². The fourth-order valence-corrected chi connectivity index (χ4v) is 1.49. The number of nitrogens with two attached hydrogens (primary N) is 1. The van der Waals surface area contributed by atoms with Crippen LogP contribution >= 0.6 is 0 Å². The summed E-state index contributed by atoms with van der Waals surface area (Å²) in [5, 5.41) is 16.4. The Morgan fingerprint density at radius 3 is 2.89 bits per heavy atom. The van der Waals surface area contributed by atoms with Crippen LogP contribution in [-0.4, -0.2) is 10.2 Å². The minimum Gasteiger partial charge on any atom is -0.434 e. The van der Waals surface area contributed by atoms with Crippen molar-refractivity contribution in [2.24, 2.45) is 0 Å². The van der Waals surface area contributed by atoms with Crippen LogP contribution in [0.1, 0.15) is 18.1 Å². The standard InChI is InChI=1S/C13H12N4O/c1-2-9-3-4-12(11(15)7-9)18-13-10(8-14)5-6-16-17-13/h3-7H,2,15H2,1H3. The van der Waals surface area contributed by atoms with Gasteiger partial charge in [0.15, 0.2) is 5.75 Å². The van der Waals surface area contributed by atoms with Gasteiger partial charge in [-0.3, -0.25) is 0 Å². The summed E-state index contributed by atoms with van der Waals surface area (Å²) in [5.74, 6) is 0.639. The zero-order chi connectivity index (χ0) is 13.0. The molecule has 0 aliphatic carbocycles. The third-order valence-electron chi connectivity index (χ3n) is 2.50. The van der Waals surface area contributed by atoms with Crippen LogP contribution in [0.5, 0.6) is 11.6 Å². The number of rotatable bonds is 3. The molecule has 0 fully saturated rings. The van der Waals surface area contributed by atoms with Crippen molar-refractivity contribution in [3.8, 4) is 17.7 Å². The molecule has 1 aromatic heterocycles. The van der Waals surface area contributed by atoms with E-state index in [1.165, 1.54) is 6.20 Å². The lowest BCUT2D eigenvalue weighted by atomic mass is 10.1. The van der Waals surface area contributed by atoms with E-state index in [1.807, 2.05) is 25.1 Å². The van der Waals surface area contributed by atoms with E-state index in [-0.39, 0.29) is 5.88 Å². The fourth-order valence-electron chi connectivity index (χ4n) is 1.49. The molecule has 1 aromatic carbocycles. The van der Waals surface area contributed by atoms with Gasteiger partial charge in [0.2, 0.25) is 0 Å². The fraction of sp³-hybridized carbons (Fsp3) is 0.154. The third kappa shape index (κ3) is 2.38. The minimum absolute atomic E-state index is 0.163. The molecule has 0 aliphatic rings. The van der Waals surface area contributed by atoms with Gasteiger partial charge in [0.25, 0.3) is 5.88 Å². The Labute approximate surface area is 105 Å². The number of benzene rings is 1. The summed E-state index contributed by atoms with van der Waals surface area (Å²) in [4.78, 5) is 0. The second-order valence-corrected chi connectivity index (χ2v) is 3.69. The van der Waals surface area contributed by atoms with Crippen LogP contribution in [0.25, 0.3) is 0 Å². The highest BCUT2D eigenvalue weighted by molar-refractivity contribution is 5.56. The van der Waals surface area contributed by atoms with Gasteiger partial charge in [0, 0.05) is 0 Å². The van der Waals surface area contributed by atoms with Crippen LogP contribution in [0.15, 0.2) is 30.5 Å². The average Bonchev–Trinajstić information content (AvgIpc) is 2.41. The molecule has 5 nitrogen and oxygen atoms in total. The van der Waals surface area contributed by atoms with Gasteiger partial charge in [-0.05, 0) is 30.2 Å². The zero-order valence-electron chi connectivity index (χ0n) is 9.92. The van der Waals surface area contributed by atoms with Crippen LogP contribution in [0.2, 0.25) is 0 Å². The highest BCUT2D eigenvalue weighted by Gasteiger charge is 2.08. The lowest BCUT2D eigenvalue weighted by Gasteiger charge is -2.08. The molecule has 0 aliphatic heterocycles. The molecular weight excluding hydrogens is 228 g/mol. The van der Waals surface area contributed by atoms with Crippen LogP contribution in [-0.2, 0) is 6.42 Å². The number of nitrogen functional groups attached to an aromatic ring is 1. The summed E-state index contributed by atoms with van der Waals surface area (Å²) >= 11 is 0. The van der Waals surface area contributed by atoms with Gasteiger partial charge >= 0.3 is 0 Å². The molecule has 90 valence electrons. The molecule has 0 atom stereocenters. The van der Waals surface area contributed by atoms with Crippen molar-refractivity contribution in [3.05, 3.63) is 41.6 Å². The number of nitrogens with zero attached hydrogens (tertiary/aromatic N) is 3. The molecule has 2 N–H and O–H groups in total. The Morgan fingerprint density at radius 1 is 1.39 bits per heavy atom. The van der Waals surface area contributed by atoms with E-state index in [9.17, 15) is 0 Å². The molecule has 0 bridgehead atoms. The van der Waals surface area contributed by atoms with Gasteiger partial charge in [-0.2, -0.15) is 10.4 Å². The normalized spacial score (nSPS) is 9.78. The number of aryl methyl sites for hydroxylation is 1. The monoisotopic (exact) mass is 240 g/mol. The van der Waals surface area contributed by atoms with E-state index >= 15 is 0 Å². The molecule has 0 unspecified atom stereocenters. The lowest BCUT2D eigenvalue weighted by Crippen LogP contribution is -1.97. The Bertz CT molecular complexity index is 604. The van der Waals surface area contributed by atoms with E-state index in [2.05, 4.69) is 10.2 Å². The van der Waals surface area contributed by atoms with Gasteiger partial charge in [-0.15, -0.1) is 5.10 Å². The van der Waals surface area contributed by atoms with Gasteiger partial charge in [-0.1, -0.05) is 13.0 Å². The van der Waals surface area contributed by atoms with Crippen LogP contribution in [0, 0.1) is 11.3 Å². The van der Waals surface area contributed by atoms with E-state index in [4.69, 9.17) is 15.7 Å². The average molecular weight is 240 g/mol. The van der Waals surface area contributed by atoms with E-state index in [0.717, 1.165) is 12.0 Å². The van der Waals surface area contributed by atoms with Crippen molar-refractivity contribution in [3.63, 3.8) is 0 Å². The number of anilines is 1. The van der Waals surface area contributed by atoms with Crippen molar-refractivity contribution < 1.29 is 4.74 Å². The molecule has 0 amide bonds. The van der Waals surface area contributed by atoms with Gasteiger partial charge in [0.05, 0.1) is 11.9 Å². The molecular formula is C13H12N4O. The maximum atomic E-state index is 8.92. The Kier molecular flexibility index (Phi) is 3.39. The predicted octanol–water partition coefficient (Wildman–Crippen LogP) is 2.29. The molecule has 5 heteroatoms. The van der Waals surface area contributed by atoms with Gasteiger partial charge < -0.3 is 10.5 Å². The van der Waals surface area contributed by atoms with Crippen molar-refractivity contribution in [2.75, 3.05) is 5.73 Å². The molecule has 2 aromatic rings. The highest BCUT2D eigenvalue weighted by Crippen LogP contribution is 2.28. The first-order valence-electron chi connectivity index (χ1n) is 5.52. The molecule has 0 saturated carbocycles. The van der Waals surface area contributed by atoms with Crippen molar-refractivity contribution >= 4 is 5.69 Å². The van der Waals surface area contributed by atoms with Crippen LogP contribution < -0.4 is 10.5 Å². The predicted molar refractivity (Wildman–Crippen MR) is 67.1 cm³/mol. The molecule has 2 rings (SSSR count). The summed E-state index contributed by atoms with van der Waals surface area (Å²) in [6.45, 7) is 2.05. The Balaban J connectivity index is 2.32. The quantitative estimate of drug-likeness (QED) is 0.832. The maximum Gasteiger partial charge on any atom is 0.257 e. The second-order valence-electron chi connectivity index (χ2n) is 3.69. The summed E-state index contributed by atoms with van der Waals surface area (Å²) < 4.78 is 5.51. The number of hydrogen-bond donors (Lipinski definition) is 1. The van der Waals surface area contributed by atoms with Crippen molar-refractivity contribution in [1.29, 1.82) is 5.26 Å². The molecule has 0 saturated heterocycles. The lowest BCUT2D eigenvalue weighted by molar-refractivity contribution is 0.455. The summed E-state index contributed by atoms with van der Waals surface area (Å²) in [6, 6.07) is 9.07. The largest absolute Gasteiger partial charge is 0.434 e. The van der Waals surface area contributed by atoms with Crippen LogP contribution in [0.3, 0.4) is 0 Å². The second kappa shape index (κ2) is 5.15. The minimum atomic E-state index is 0.163. The highest BCUT2D eigenvalue weighted by atomic mass is 16.5. The van der Waals surface area contributed by atoms with Crippen molar-refractivity contribution in [2.45, 2.75) is 13.3 Å². The van der Waals surface area contributed by atoms with Crippen LogP contribution in [0.4, 0.5) is 5.69 Å². The summed E-state index contributed by atoms with van der Waals surface area (Å²) in [7, 11) is 0. The number of hydrogen-bond acceptors (Lipinski definition) is 5. The molecule has 0 spiro atoms. The number of aromatic nitrogens is 2.